The molecule has 0 radical (unpaired) electrons. The van der Waals surface area contributed by atoms with E-state index in [0.717, 1.165) is 11.8 Å². The van der Waals surface area contributed by atoms with Gasteiger partial charge >= 0.3 is 12.1 Å². The average Bonchev–Trinajstić information content (AvgIpc) is 2.15. The molecule has 1 atom stereocenters. The van der Waals surface area contributed by atoms with Crippen LogP contribution in [0.3, 0.4) is 0 Å². The first-order chi connectivity index (χ1) is 7.80. The van der Waals surface area contributed by atoms with E-state index in [1.165, 1.54) is 6.07 Å². The van der Waals surface area contributed by atoms with E-state index in [1.54, 1.807) is 18.2 Å². The normalized spacial score (nSPS) is 13.4. The molecule has 0 saturated carbocycles. The smallest absolute Gasteiger partial charge is 0.403 e. The highest BCUT2D eigenvalue weighted by atomic mass is 35.5. The minimum Gasteiger partial charge on any atom is -0.481 e. The van der Waals surface area contributed by atoms with E-state index < -0.39 is 23.8 Å². The number of rotatable bonds is 4. The predicted octanol–water partition coefficient (Wildman–Crippen LogP) is 3.70. The number of aliphatic carboxylic acids is 1. The Balaban J connectivity index is 2.68. The van der Waals surface area contributed by atoms with Crippen LogP contribution in [0, 0.1) is 5.92 Å². The molecule has 0 aliphatic heterocycles. The molecule has 0 amide bonds. The Hall–Kier alpha value is -0.880. The van der Waals surface area contributed by atoms with E-state index in [1.807, 2.05) is 0 Å². The van der Waals surface area contributed by atoms with E-state index in [2.05, 4.69) is 0 Å². The minimum atomic E-state index is -4.74. The molecule has 0 aromatic heterocycles. The Bertz CT molecular complexity index is 409. The van der Waals surface area contributed by atoms with Crippen LogP contribution in [0.2, 0.25) is 5.02 Å². The number of hydrogen-bond donors (Lipinski definition) is 1. The predicted molar refractivity (Wildman–Crippen MR) is 59.4 cm³/mol. The topological polar surface area (TPSA) is 37.3 Å². The van der Waals surface area contributed by atoms with Crippen molar-refractivity contribution in [3.05, 3.63) is 29.3 Å². The highest BCUT2D eigenvalue weighted by Crippen LogP contribution is 2.32. The molecule has 1 rings (SSSR count). The summed E-state index contributed by atoms with van der Waals surface area (Å²) in [6.45, 7) is 0. The molecule has 0 heterocycles. The monoisotopic (exact) mass is 284 g/mol. The van der Waals surface area contributed by atoms with Gasteiger partial charge < -0.3 is 5.11 Å². The fourth-order valence-electron chi connectivity index (χ4n) is 1.04. The molecule has 0 saturated heterocycles. The van der Waals surface area contributed by atoms with Crippen molar-refractivity contribution in [3.63, 3.8) is 0 Å². The fourth-order valence-corrected chi connectivity index (χ4v) is 2.37. The Morgan fingerprint density at radius 1 is 1.47 bits per heavy atom. The number of carboxylic acid groups (broad SMARTS) is 1. The summed E-state index contributed by atoms with van der Waals surface area (Å²) in [4.78, 5) is 11.0. The lowest BCUT2D eigenvalue weighted by Gasteiger charge is -2.15. The summed E-state index contributed by atoms with van der Waals surface area (Å²) in [5, 5.41) is 8.88. The maximum absolute atomic E-state index is 12.3. The van der Waals surface area contributed by atoms with Crippen molar-refractivity contribution in [2.75, 3.05) is 5.75 Å². The highest BCUT2D eigenvalue weighted by Gasteiger charge is 2.44. The van der Waals surface area contributed by atoms with Crippen LogP contribution in [0.5, 0.6) is 0 Å². The number of carboxylic acids is 1. The van der Waals surface area contributed by atoms with Gasteiger partial charge in [0.05, 0.1) is 0 Å². The van der Waals surface area contributed by atoms with Crippen LogP contribution < -0.4 is 0 Å². The molecule has 1 unspecified atom stereocenters. The van der Waals surface area contributed by atoms with Gasteiger partial charge in [-0.2, -0.15) is 13.2 Å². The number of carbonyl (C=O) groups is 1. The number of halogens is 4. The maximum Gasteiger partial charge on any atom is 0.403 e. The second kappa shape index (κ2) is 5.64. The lowest BCUT2D eigenvalue weighted by atomic mass is 10.2. The zero-order chi connectivity index (χ0) is 13.1. The standard InChI is InChI=1S/C10H8ClF3O2S/c11-6-2-1-3-7(4-6)17-5-8(9(15)16)10(12,13)14/h1-4,8H,5H2,(H,15,16). The van der Waals surface area contributed by atoms with Gasteiger partial charge in [0.2, 0.25) is 0 Å². The van der Waals surface area contributed by atoms with Crippen LogP contribution in [0.15, 0.2) is 29.2 Å². The van der Waals surface area contributed by atoms with Gasteiger partial charge in [0.1, 0.15) is 0 Å². The minimum absolute atomic E-state index is 0.397. The van der Waals surface area contributed by atoms with Gasteiger partial charge in [0.15, 0.2) is 5.92 Å². The summed E-state index contributed by atoms with van der Waals surface area (Å²) in [5.74, 6) is -4.81. The first-order valence-electron chi connectivity index (χ1n) is 4.48. The molecule has 0 aliphatic carbocycles. The third-order valence-corrected chi connectivity index (χ3v) is 3.23. The van der Waals surface area contributed by atoms with Gasteiger partial charge in [-0.1, -0.05) is 17.7 Å². The van der Waals surface area contributed by atoms with Crippen molar-refractivity contribution in [2.24, 2.45) is 5.92 Å². The molecule has 7 heteroatoms. The highest BCUT2D eigenvalue weighted by molar-refractivity contribution is 7.99. The largest absolute Gasteiger partial charge is 0.481 e. The second-order valence-electron chi connectivity index (χ2n) is 3.20. The van der Waals surface area contributed by atoms with Crippen molar-refractivity contribution < 1.29 is 23.1 Å². The number of benzene rings is 1. The van der Waals surface area contributed by atoms with Crippen molar-refractivity contribution in [1.82, 2.24) is 0 Å². The summed E-state index contributed by atoms with van der Waals surface area (Å²) >= 11 is 6.47. The lowest BCUT2D eigenvalue weighted by Crippen LogP contribution is -2.32. The number of hydrogen-bond acceptors (Lipinski definition) is 2. The zero-order valence-electron chi connectivity index (χ0n) is 8.37. The molecule has 2 nitrogen and oxygen atoms in total. The van der Waals surface area contributed by atoms with Crippen molar-refractivity contribution in [1.29, 1.82) is 0 Å². The molecular weight excluding hydrogens is 277 g/mol. The van der Waals surface area contributed by atoms with E-state index >= 15 is 0 Å². The molecule has 1 N–H and O–H groups in total. The van der Waals surface area contributed by atoms with Gasteiger partial charge in [-0.05, 0) is 18.2 Å². The second-order valence-corrected chi connectivity index (χ2v) is 4.73. The Morgan fingerprint density at radius 2 is 2.12 bits per heavy atom. The summed E-state index contributed by atoms with van der Waals surface area (Å²) in [6, 6.07) is 6.24. The van der Waals surface area contributed by atoms with E-state index in [-0.39, 0.29) is 0 Å². The summed E-state index contributed by atoms with van der Waals surface area (Å²) in [6.07, 6.45) is -4.74. The molecule has 0 bridgehead atoms. The molecule has 94 valence electrons. The lowest BCUT2D eigenvalue weighted by molar-refractivity contribution is -0.188. The van der Waals surface area contributed by atoms with Crippen LogP contribution in [0.25, 0.3) is 0 Å². The first-order valence-corrected chi connectivity index (χ1v) is 5.85. The first kappa shape index (κ1) is 14.2. The Morgan fingerprint density at radius 3 is 2.59 bits per heavy atom. The van der Waals surface area contributed by atoms with Crippen LogP contribution in [-0.4, -0.2) is 23.0 Å². The van der Waals surface area contributed by atoms with E-state index in [0.29, 0.717) is 9.92 Å². The van der Waals surface area contributed by atoms with Crippen LogP contribution in [0.4, 0.5) is 13.2 Å². The third kappa shape index (κ3) is 4.47. The van der Waals surface area contributed by atoms with E-state index in [4.69, 9.17) is 16.7 Å². The van der Waals surface area contributed by atoms with Crippen molar-refractivity contribution >= 4 is 29.3 Å². The van der Waals surface area contributed by atoms with Gasteiger partial charge in [0, 0.05) is 15.7 Å². The average molecular weight is 285 g/mol. The number of thioether (sulfide) groups is 1. The molecule has 0 spiro atoms. The van der Waals surface area contributed by atoms with Crippen LogP contribution in [0.1, 0.15) is 0 Å². The molecular formula is C10H8ClF3O2S. The van der Waals surface area contributed by atoms with Gasteiger partial charge in [-0.25, -0.2) is 0 Å². The SMILES string of the molecule is O=C(O)C(CSc1cccc(Cl)c1)C(F)(F)F. The third-order valence-electron chi connectivity index (χ3n) is 1.91. The van der Waals surface area contributed by atoms with Gasteiger partial charge in [-0.15, -0.1) is 11.8 Å². The zero-order valence-corrected chi connectivity index (χ0v) is 9.94. The van der Waals surface area contributed by atoms with Crippen LogP contribution >= 0.6 is 23.4 Å². The quantitative estimate of drug-likeness (QED) is 0.857. The van der Waals surface area contributed by atoms with E-state index in [9.17, 15) is 18.0 Å². The van der Waals surface area contributed by atoms with Gasteiger partial charge in [0.25, 0.3) is 0 Å². The molecule has 0 fully saturated rings. The Kier molecular flexibility index (Phi) is 4.70. The summed E-state index contributed by atoms with van der Waals surface area (Å²) in [7, 11) is 0. The fraction of sp³-hybridized carbons (Fsp3) is 0.300. The molecule has 1 aromatic rings. The Labute approximate surface area is 105 Å². The maximum atomic E-state index is 12.3. The number of alkyl halides is 3. The van der Waals surface area contributed by atoms with Crippen molar-refractivity contribution in [2.45, 2.75) is 11.1 Å². The van der Waals surface area contributed by atoms with Crippen LogP contribution in [-0.2, 0) is 4.79 Å². The molecule has 1 aromatic carbocycles. The molecule has 0 aliphatic rings. The molecule has 17 heavy (non-hydrogen) atoms. The summed E-state index contributed by atoms with van der Waals surface area (Å²) < 4.78 is 37.0. The van der Waals surface area contributed by atoms with Gasteiger partial charge in [-0.3, -0.25) is 4.79 Å². The summed E-state index contributed by atoms with van der Waals surface area (Å²) in [5.41, 5.74) is 0. The van der Waals surface area contributed by atoms with Crippen molar-refractivity contribution in [3.8, 4) is 0 Å².